The molecule has 0 spiro atoms. The number of amides is 2. The topological polar surface area (TPSA) is 295 Å². The van der Waals surface area contributed by atoms with Gasteiger partial charge in [0.15, 0.2) is 6.29 Å². The van der Waals surface area contributed by atoms with Crippen LogP contribution in [0.4, 0.5) is 5.69 Å². The Balaban J connectivity index is 0. The van der Waals surface area contributed by atoms with Crippen LogP contribution in [0.2, 0.25) is 0 Å². The van der Waals surface area contributed by atoms with E-state index < -0.39 is 95.4 Å². The van der Waals surface area contributed by atoms with Crippen molar-refractivity contribution in [3.8, 4) is 0 Å². The second-order valence-electron chi connectivity index (χ2n) is 25.0. The van der Waals surface area contributed by atoms with E-state index in [0.29, 0.717) is 82.1 Å². The molecular weight excluding hydrogens is 1830 g/mol. The van der Waals surface area contributed by atoms with Gasteiger partial charge in [0.05, 0.1) is 44.6 Å². The van der Waals surface area contributed by atoms with E-state index in [-0.39, 0.29) is 47.1 Å². The smallest absolute Gasteiger partial charge is 0.330 e. The van der Waals surface area contributed by atoms with Gasteiger partial charge in [-0.25, -0.2) is 4.79 Å². The lowest BCUT2D eigenvalue weighted by Gasteiger charge is -2.50. The normalized spacial score (nSPS) is 9.68. The second kappa shape index (κ2) is 65.4. The number of alkyl halides is 1. The fraction of sp³-hybridized carbons (Fsp3) is 0.328. The second-order valence-corrected chi connectivity index (χ2v) is 30.1. The van der Waals surface area contributed by atoms with Crippen LogP contribution in [-0.4, -0.2) is 364 Å². The third kappa shape index (κ3) is 52.1. The Morgan fingerprint density at radius 3 is 0.931 bits per heavy atom. The zero-order chi connectivity index (χ0) is 88.9. The molecule has 2 amide bonds. The number of aromatic nitrogens is 6. The maximum atomic E-state index is 11.3. The highest BCUT2D eigenvalue weighted by Crippen LogP contribution is 2.17. The van der Waals surface area contributed by atoms with Crippen molar-refractivity contribution >= 4 is 363 Å². The number of aryl methyl sites for hydroxylation is 4. The lowest BCUT2D eigenvalue weighted by atomic mass is 8.31. The quantitative estimate of drug-likeness (QED) is 0.00953. The van der Waals surface area contributed by atoms with Crippen molar-refractivity contribution in [3.63, 3.8) is 0 Å². The van der Waals surface area contributed by atoms with Crippen molar-refractivity contribution in [2.75, 3.05) is 58.6 Å². The van der Waals surface area contributed by atoms with Gasteiger partial charge in [0, 0.05) is 349 Å². The van der Waals surface area contributed by atoms with E-state index in [0.717, 1.165) is 50.8 Å². The number of hydrogen-bond acceptors (Lipinski definition) is 19. The van der Waals surface area contributed by atoms with E-state index in [4.69, 9.17) is 149 Å². The number of rotatable bonds is 33. The predicted octanol–water partition coefficient (Wildman–Crippen LogP) is 0.351. The Kier molecular flexibility index (Phi) is 64.1. The van der Waals surface area contributed by atoms with Gasteiger partial charge in [0.25, 0.3) is 0 Å². The van der Waals surface area contributed by atoms with Gasteiger partial charge in [-0.3, -0.25) is 69.1 Å². The molecule has 58 heteroatoms. The molecule has 32 radical (unpaired) electrons. The molecule has 0 aromatic carbocycles. The van der Waals surface area contributed by atoms with Crippen molar-refractivity contribution < 1.29 is 63.3 Å². The van der Waals surface area contributed by atoms with Gasteiger partial charge >= 0.3 is 23.9 Å². The van der Waals surface area contributed by atoms with E-state index in [1.54, 1.807) is 115 Å². The summed E-state index contributed by atoms with van der Waals surface area (Å²) in [5, 5.41) is 26.1. The number of ether oxygens (including phenoxy) is 3. The number of hydrogen-bond donors (Lipinski definition) is 3. The summed E-state index contributed by atoms with van der Waals surface area (Å²) >= 11 is 19.3. The summed E-state index contributed by atoms with van der Waals surface area (Å²) < 4.78 is 18.6. The predicted molar refractivity (Wildman–Crippen MR) is 519 cm³/mol. The van der Waals surface area contributed by atoms with Crippen LogP contribution in [0, 0.1) is 0 Å². The molecule has 0 fully saturated rings. The minimum Gasteiger partial charge on any atom is -0.481 e. The number of carbonyl (C=O) groups excluding carboxylic acids is 6. The zero-order valence-corrected chi connectivity index (χ0v) is 75.2. The largest absolute Gasteiger partial charge is 0.481 e. The number of halogens is 6. The van der Waals surface area contributed by atoms with Crippen LogP contribution < -0.4 is 5.23 Å². The van der Waals surface area contributed by atoms with E-state index in [1.165, 1.54) is 23.2 Å². The van der Waals surface area contributed by atoms with Gasteiger partial charge in [-0.1, -0.05) is 15.9 Å². The van der Waals surface area contributed by atoms with Crippen molar-refractivity contribution in [2.24, 2.45) is 0 Å². The number of aldehydes is 1. The SMILES string of the molecule is CCOC(=O)/C=C/c1ccc(Br)cn1.CCOC(=O)CBr.CCOC(=O)CCc1ccc(Br)cn1.CN(C)C(=O)CCc1ccc(Br)cn1.CN(C)C(=O)CCc1ccc(N(O)O)cn1.O=C(O)CCc1ccc(Br)cn1.O=Cc1ccc(Br)cn1.[B]B([B])B(B([B])[B])B(B(B([B])[B])B([B])[B])B(B(B([B])[B])B([B])[B])B(B([B])[B])B([B])[B]. The summed E-state index contributed by atoms with van der Waals surface area (Å²) in [6.07, 6.45) is 3.48. The highest BCUT2D eigenvalue weighted by Gasteiger charge is 2.52. The standard InChI is InChI=1S/C10H13BrN2O.C10H12BrNO2.C10H10BrNO2.C10H15N3O3.C8H8BrNO2.C6H4BrNO.C4H7BrO2.B30/c1-13(2)10(14)6-5-9-4-3-8(11)7-12-9;2*1-2-14-10(13)6-5-9-4-3-8(11)7-12-9;1-12(2)10(14)6-4-8-3-5-9(7-11-8)13(15)16;9-6-1-2-7(10-5-6)3-4-8(11)12;7-5-1-2-6(4-9)8-3-5;1-2-7-4(6)3-5;1-17(2)25(18(3)4)29(26(19(5)6)20(7)8)30(27(21(9)10)22(11)12)28(23(13)14)24(15)16/h3-4,7H,5-6H2,1-2H3;3-4,7H,2,5-6H2,1H3;3-7H,2H2,1H3;3,5,7,15-16H,4,6H2,1-2H3;1-2,5H,3-4H2,(H,11,12);1-4H;2-3H2,1H3;/b;;6-5+;;;;;. The van der Waals surface area contributed by atoms with Gasteiger partial charge in [-0.05, 0) is 192 Å². The Labute approximate surface area is 761 Å². The zero-order valence-electron chi connectivity index (χ0n) is 65.6. The summed E-state index contributed by atoms with van der Waals surface area (Å²) in [7, 11) is 103. The molecule has 6 heterocycles. The van der Waals surface area contributed by atoms with Gasteiger partial charge in [-0.2, -0.15) is 0 Å². The molecule has 0 aliphatic heterocycles. The van der Waals surface area contributed by atoms with E-state index in [2.05, 4.69) is 130 Å². The molecule has 3 N–H and O–H groups in total. The number of carboxylic acid groups (broad SMARTS) is 1. The van der Waals surface area contributed by atoms with Crippen LogP contribution >= 0.6 is 95.6 Å². The molecule has 6 aromatic rings. The van der Waals surface area contributed by atoms with Crippen LogP contribution in [0.3, 0.4) is 0 Å². The summed E-state index contributed by atoms with van der Waals surface area (Å²) in [5.74, 6) is -1.34. The summed E-state index contributed by atoms with van der Waals surface area (Å²) in [6.45, 7) is 6.63. The van der Waals surface area contributed by atoms with Gasteiger partial charge in [0.1, 0.15) is 16.7 Å². The Morgan fingerprint density at radius 1 is 0.397 bits per heavy atom. The van der Waals surface area contributed by atoms with E-state index in [1.807, 2.05) is 42.5 Å². The molecule has 0 unspecified atom stereocenters. The summed E-state index contributed by atoms with van der Waals surface area (Å²) in [5.41, 5.74) is 4.76. The number of anilines is 1. The lowest BCUT2D eigenvalue weighted by Crippen LogP contribution is -2.88. The fourth-order valence-electron chi connectivity index (χ4n) is 10.1. The number of carboxylic acids is 1. The molecule has 0 bridgehead atoms. The summed E-state index contributed by atoms with van der Waals surface area (Å²) in [4.78, 5) is 102. The average molecular weight is 1900 g/mol. The third-order valence-corrected chi connectivity index (χ3v) is 18.4. The van der Waals surface area contributed by atoms with E-state index in [9.17, 15) is 33.6 Å². The Bertz CT molecular complexity index is 3650. The maximum absolute atomic E-state index is 11.3. The molecule has 0 saturated carbocycles. The molecule has 0 saturated heterocycles. The van der Waals surface area contributed by atoms with Gasteiger partial charge in [0.2, 0.25) is 11.8 Å². The number of carbonyl (C=O) groups is 7. The molecule has 116 heavy (non-hydrogen) atoms. The van der Waals surface area contributed by atoms with Crippen LogP contribution in [0.1, 0.15) is 85.4 Å². The highest BCUT2D eigenvalue weighted by molar-refractivity contribution is 9.11. The first kappa shape index (κ1) is 114. The highest BCUT2D eigenvalue weighted by atomic mass is 79.9. The number of esters is 3. The Hall–Kier alpha value is -4.32. The molecule has 0 aliphatic rings. The van der Waals surface area contributed by atoms with Crippen molar-refractivity contribution in [1.29, 1.82) is 0 Å². The average Bonchev–Trinajstić information content (AvgIpc) is 0.764. The van der Waals surface area contributed by atoms with Gasteiger partial charge in [-0.15, -0.1) is 5.23 Å². The lowest BCUT2D eigenvalue weighted by molar-refractivity contribution is -0.143. The third-order valence-electron chi connectivity index (χ3n) is 15.6. The number of pyridine rings is 6. The first-order valence-corrected chi connectivity index (χ1v) is 40.6. The first-order chi connectivity index (χ1) is 54.4. The van der Waals surface area contributed by atoms with Crippen LogP contribution in [0.25, 0.3) is 6.08 Å². The molecule has 0 aliphatic carbocycles. The van der Waals surface area contributed by atoms with Crippen LogP contribution in [0.5, 0.6) is 0 Å². The van der Waals surface area contributed by atoms with Crippen molar-refractivity contribution in [2.45, 2.75) is 72.1 Å². The minimum atomic E-state index is -1.07. The maximum Gasteiger partial charge on any atom is 0.330 e. The molecule has 6 aromatic heterocycles. The molecule has 22 nitrogen and oxygen atoms in total. The minimum absolute atomic E-state index is 0.00174. The summed E-state index contributed by atoms with van der Waals surface area (Å²) in [6, 6.07) is 21.6. The number of aliphatic carboxylic acids is 1. The Morgan fingerprint density at radius 2 is 0.690 bits per heavy atom. The van der Waals surface area contributed by atoms with Crippen molar-refractivity contribution in [3.05, 3.63) is 173 Å². The molecule has 6 rings (SSSR count). The molecule has 0 atom stereocenters. The number of nitrogens with zero attached hydrogens (tertiary/aromatic N) is 9. The van der Waals surface area contributed by atoms with Crippen LogP contribution in [0.15, 0.2) is 138 Å². The van der Waals surface area contributed by atoms with E-state index >= 15 is 0 Å². The molecule has 556 valence electrons. The molecular formula is C58H69B30Br6N9O13. The fourth-order valence-corrected chi connectivity index (χ4v) is 11.4. The van der Waals surface area contributed by atoms with Crippen molar-refractivity contribution in [1.82, 2.24) is 39.7 Å². The first-order valence-electron chi connectivity index (χ1n) is 35.5. The van der Waals surface area contributed by atoms with Gasteiger partial charge < -0.3 is 29.1 Å². The van der Waals surface area contributed by atoms with Crippen LogP contribution in [-0.2, 0) is 68.7 Å². The monoisotopic (exact) mass is 1900 g/mol.